The fourth-order valence-corrected chi connectivity index (χ4v) is 4.27. The van der Waals surface area contributed by atoms with Gasteiger partial charge in [-0.3, -0.25) is 10.1 Å². The van der Waals surface area contributed by atoms with Crippen LogP contribution in [0.3, 0.4) is 0 Å². The number of nitrogens with zero attached hydrogens (tertiary/aromatic N) is 1. The average Bonchev–Trinajstić information content (AvgIpc) is 3.36. The summed E-state index contributed by atoms with van der Waals surface area (Å²) in [7, 11) is 1.65. The van der Waals surface area contributed by atoms with Crippen LogP contribution < -0.4 is 5.32 Å². The first-order valence-corrected chi connectivity index (χ1v) is 13.0. The van der Waals surface area contributed by atoms with Crippen LogP contribution in [0.25, 0.3) is 17.3 Å². The third-order valence-electron chi connectivity index (χ3n) is 5.92. The van der Waals surface area contributed by atoms with Gasteiger partial charge in [0.15, 0.2) is 5.13 Å². The normalized spacial score (nSPS) is 12.4. The summed E-state index contributed by atoms with van der Waals surface area (Å²) in [6, 6.07) is 6.61. The number of aromatic nitrogens is 1. The first-order chi connectivity index (χ1) is 18.6. The molecule has 2 N–H and O–H groups in total. The molecule has 0 fully saturated rings. The fourth-order valence-electron chi connectivity index (χ4n) is 3.56. The van der Waals surface area contributed by atoms with Crippen molar-refractivity contribution in [1.82, 2.24) is 4.98 Å². The summed E-state index contributed by atoms with van der Waals surface area (Å²) in [5.41, 5.74) is -0.0668. The van der Waals surface area contributed by atoms with Gasteiger partial charge in [0.05, 0.1) is 11.8 Å². The molecule has 0 radical (unpaired) electrons. The number of thiazole rings is 1. The maximum Gasteiger partial charge on any atom is 0.331 e. The Hall–Kier alpha value is -3.54. The number of anilines is 1. The molecular weight excluding hydrogens is 533 g/mol. The molecule has 2 aromatic carbocycles. The highest BCUT2D eigenvalue weighted by molar-refractivity contribution is 7.14. The summed E-state index contributed by atoms with van der Waals surface area (Å²) in [6.45, 7) is 4.21. The van der Waals surface area contributed by atoms with Crippen molar-refractivity contribution in [1.29, 1.82) is 0 Å². The Morgan fingerprint density at radius 1 is 1.18 bits per heavy atom. The summed E-state index contributed by atoms with van der Waals surface area (Å²) in [6.07, 6.45) is 2.86. The molecule has 7 nitrogen and oxygen atoms in total. The van der Waals surface area contributed by atoms with Crippen molar-refractivity contribution in [2.75, 3.05) is 25.6 Å². The van der Waals surface area contributed by atoms with Crippen LogP contribution in [0.5, 0.6) is 0 Å². The standard InChI is InChI=1S/C28H29F3N2O5S/c1-16(27(35)36)12-21-22(29)13-19(14-23(21)30)26(34)33-28-32-24(15-39-28)20-8-4-6-18(25(20)31)7-5-10-38-11-9-17(2)37-3/h4,6,8,12-15,17H,5,7,9-11H2,1-3H3,(H,35,36)(H,32,33,34). The highest BCUT2D eigenvalue weighted by atomic mass is 32.1. The van der Waals surface area contributed by atoms with Crippen LogP contribution >= 0.6 is 11.3 Å². The number of carboxylic acids is 1. The first-order valence-electron chi connectivity index (χ1n) is 12.2. The van der Waals surface area contributed by atoms with E-state index in [2.05, 4.69) is 10.3 Å². The number of carbonyl (C=O) groups excluding carboxylic acids is 1. The molecule has 0 aliphatic rings. The van der Waals surface area contributed by atoms with E-state index in [1.54, 1.807) is 30.7 Å². The second-order valence-corrected chi connectivity index (χ2v) is 9.67. The molecule has 1 atom stereocenters. The van der Waals surface area contributed by atoms with Crippen molar-refractivity contribution in [2.24, 2.45) is 0 Å². The lowest BCUT2D eigenvalue weighted by Crippen LogP contribution is -2.13. The number of aryl methyl sites for hydroxylation is 1. The van der Waals surface area contributed by atoms with Crippen molar-refractivity contribution in [3.8, 4) is 11.3 Å². The van der Waals surface area contributed by atoms with Gasteiger partial charge in [-0.2, -0.15) is 0 Å². The first kappa shape index (κ1) is 30.0. The van der Waals surface area contributed by atoms with E-state index in [0.29, 0.717) is 37.3 Å². The lowest BCUT2D eigenvalue weighted by molar-refractivity contribution is -0.132. The molecule has 0 saturated carbocycles. The van der Waals surface area contributed by atoms with Crippen molar-refractivity contribution < 1.29 is 37.3 Å². The van der Waals surface area contributed by atoms with Gasteiger partial charge in [-0.15, -0.1) is 11.3 Å². The summed E-state index contributed by atoms with van der Waals surface area (Å²) >= 11 is 1.03. The quantitative estimate of drug-likeness (QED) is 0.186. The van der Waals surface area contributed by atoms with E-state index < -0.39 is 34.9 Å². The molecule has 0 aliphatic heterocycles. The zero-order chi connectivity index (χ0) is 28.5. The Morgan fingerprint density at radius 3 is 2.56 bits per heavy atom. The Balaban J connectivity index is 1.65. The van der Waals surface area contributed by atoms with Gasteiger partial charge in [0.25, 0.3) is 5.91 Å². The summed E-state index contributed by atoms with van der Waals surface area (Å²) < 4.78 is 54.8. The van der Waals surface area contributed by atoms with Gasteiger partial charge in [0.2, 0.25) is 0 Å². The monoisotopic (exact) mass is 562 g/mol. The minimum absolute atomic E-state index is 0.116. The predicted molar refractivity (Wildman–Crippen MR) is 143 cm³/mol. The summed E-state index contributed by atoms with van der Waals surface area (Å²) in [5, 5.41) is 13.1. The average molecular weight is 563 g/mol. The Morgan fingerprint density at radius 2 is 1.90 bits per heavy atom. The number of amides is 1. The highest BCUT2D eigenvalue weighted by Gasteiger charge is 2.18. The number of hydrogen-bond acceptors (Lipinski definition) is 6. The summed E-state index contributed by atoms with van der Waals surface area (Å²) in [5.74, 6) is -4.75. The van der Waals surface area contributed by atoms with Gasteiger partial charge in [-0.1, -0.05) is 12.1 Å². The molecule has 208 valence electrons. The number of rotatable bonds is 13. The molecule has 1 heterocycles. The van der Waals surface area contributed by atoms with Crippen molar-refractivity contribution >= 4 is 34.4 Å². The predicted octanol–water partition coefficient (Wildman–Crippen LogP) is 6.34. The molecule has 39 heavy (non-hydrogen) atoms. The van der Waals surface area contributed by atoms with Gasteiger partial charge in [0.1, 0.15) is 17.5 Å². The van der Waals surface area contributed by atoms with Crippen LogP contribution in [0, 0.1) is 17.5 Å². The summed E-state index contributed by atoms with van der Waals surface area (Å²) in [4.78, 5) is 27.8. The number of nitrogens with one attached hydrogen (secondary N) is 1. The van der Waals surface area contributed by atoms with Crippen molar-refractivity contribution in [3.63, 3.8) is 0 Å². The number of halogens is 3. The van der Waals surface area contributed by atoms with Gasteiger partial charge < -0.3 is 14.6 Å². The number of benzene rings is 2. The Kier molecular flexibility index (Phi) is 10.8. The minimum Gasteiger partial charge on any atom is -0.478 e. The molecule has 1 amide bonds. The van der Waals surface area contributed by atoms with Crippen LogP contribution in [0.2, 0.25) is 0 Å². The van der Waals surface area contributed by atoms with E-state index in [1.807, 2.05) is 6.92 Å². The van der Waals surface area contributed by atoms with Gasteiger partial charge >= 0.3 is 5.97 Å². The van der Waals surface area contributed by atoms with Crippen LogP contribution in [0.4, 0.5) is 18.3 Å². The third kappa shape index (κ3) is 8.22. The molecule has 0 spiro atoms. The van der Waals surface area contributed by atoms with E-state index in [1.165, 1.54) is 6.92 Å². The van der Waals surface area contributed by atoms with Gasteiger partial charge in [-0.05, 0) is 62.9 Å². The number of aliphatic carboxylic acids is 1. The van der Waals surface area contributed by atoms with Crippen LogP contribution in [0.15, 0.2) is 41.3 Å². The maximum absolute atomic E-state index is 15.2. The number of methoxy groups -OCH3 is 1. The maximum atomic E-state index is 15.2. The second-order valence-electron chi connectivity index (χ2n) is 8.81. The molecule has 0 bridgehead atoms. The van der Waals surface area contributed by atoms with Crippen LogP contribution in [-0.2, 0) is 20.7 Å². The van der Waals surface area contributed by atoms with Gasteiger partial charge in [0, 0.05) is 48.0 Å². The van der Waals surface area contributed by atoms with Crippen molar-refractivity contribution in [2.45, 2.75) is 39.2 Å². The van der Waals surface area contributed by atoms with E-state index in [-0.39, 0.29) is 27.9 Å². The van der Waals surface area contributed by atoms with E-state index in [9.17, 15) is 18.4 Å². The molecule has 3 rings (SSSR count). The van der Waals surface area contributed by atoms with Crippen molar-refractivity contribution in [3.05, 3.63) is 75.4 Å². The Bertz CT molecular complexity index is 1340. The number of carbonyl (C=O) groups is 2. The lowest BCUT2D eigenvalue weighted by atomic mass is 10.0. The molecule has 3 aromatic rings. The highest BCUT2D eigenvalue weighted by Crippen LogP contribution is 2.29. The fraction of sp³-hybridized carbons (Fsp3) is 0.321. The number of carboxylic acid groups (broad SMARTS) is 1. The molecule has 0 aliphatic carbocycles. The SMILES string of the molecule is COC(C)CCOCCCc1cccc(-c2csc(NC(=O)c3cc(F)c(C=C(C)C(=O)O)c(F)c3)n2)c1F. The zero-order valence-corrected chi connectivity index (χ0v) is 22.5. The van der Waals surface area contributed by atoms with Crippen LogP contribution in [-0.4, -0.2) is 48.4 Å². The zero-order valence-electron chi connectivity index (χ0n) is 21.7. The number of ether oxygens (including phenoxy) is 2. The second kappa shape index (κ2) is 14.0. The van der Waals surface area contributed by atoms with E-state index in [0.717, 1.165) is 36.0 Å². The minimum atomic E-state index is -1.32. The molecule has 1 aromatic heterocycles. The molecular formula is C28H29F3N2O5S. The van der Waals surface area contributed by atoms with E-state index >= 15 is 4.39 Å². The largest absolute Gasteiger partial charge is 0.478 e. The lowest BCUT2D eigenvalue weighted by Gasteiger charge is -2.10. The third-order valence-corrected chi connectivity index (χ3v) is 6.68. The molecule has 11 heteroatoms. The van der Waals surface area contributed by atoms with E-state index in [4.69, 9.17) is 14.6 Å². The van der Waals surface area contributed by atoms with Gasteiger partial charge in [-0.25, -0.2) is 22.9 Å². The Labute approximate surface area is 228 Å². The smallest absolute Gasteiger partial charge is 0.331 e. The molecule has 0 saturated heterocycles. The number of hydrogen-bond donors (Lipinski definition) is 2. The van der Waals surface area contributed by atoms with Crippen LogP contribution in [0.1, 0.15) is 48.2 Å². The topological polar surface area (TPSA) is 97.8 Å². The molecule has 1 unspecified atom stereocenters.